The van der Waals surface area contributed by atoms with Gasteiger partial charge in [-0.15, -0.1) is 0 Å². The minimum atomic E-state index is -0.486. The van der Waals surface area contributed by atoms with Gasteiger partial charge in [-0.2, -0.15) is 5.26 Å². The van der Waals surface area contributed by atoms with Crippen molar-refractivity contribution in [2.75, 3.05) is 6.54 Å². The number of nitrogens with one attached hydrogen (secondary N) is 2. The second-order valence-electron chi connectivity index (χ2n) is 6.35. The van der Waals surface area contributed by atoms with Crippen molar-refractivity contribution in [2.24, 2.45) is 0 Å². The molecule has 1 aliphatic heterocycles. The molecule has 1 saturated heterocycles. The van der Waals surface area contributed by atoms with Crippen LogP contribution in [0.3, 0.4) is 0 Å². The molecule has 6 nitrogen and oxygen atoms in total. The fraction of sp³-hybridized carbons (Fsp3) is 0.333. The van der Waals surface area contributed by atoms with Crippen molar-refractivity contribution in [3.05, 3.63) is 41.1 Å². The molecule has 1 aromatic carbocycles. The molecule has 0 unspecified atom stereocenters. The van der Waals surface area contributed by atoms with Crippen molar-refractivity contribution < 1.29 is 9.59 Å². The smallest absolute Gasteiger partial charge is 0.253 e. The van der Waals surface area contributed by atoms with Crippen LogP contribution in [0.1, 0.15) is 46.7 Å². The molecule has 1 saturated carbocycles. The van der Waals surface area contributed by atoms with Gasteiger partial charge in [0, 0.05) is 18.1 Å². The zero-order chi connectivity index (χ0) is 16.7. The first-order valence-corrected chi connectivity index (χ1v) is 8.08. The molecule has 2 aliphatic rings. The quantitative estimate of drug-likeness (QED) is 0.898. The largest absolute Gasteiger partial charge is 0.354 e. The summed E-state index contributed by atoms with van der Waals surface area (Å²) in [6, 6.07) is 7.24. The highest BCUT2D eigenvalue weighted by molar-refractivity contribution is 6.00. The lowest BCUT2D eigenvalue weighted by atomic mass is 10.00. The molecule has 2 N–H and O–H groups in total. The molecule has 1 atom stereocenters. The SMILES string of the molecule is N#Cc1cc2cc(C(=O)N[C@H]3CCNC3=O)cnc2cc1C1CC1. The van der Waals surface area contributed by atoms with Crippen LogP contribution in [-0.2, 0) is 4.79 Å². The highest BCUT2D eigenvalue weighted by Gasteiger charge is 2.28. The number of carbonyl (C=O) groups excluding carboxylic acids is 2. The standard InChI is InChI=1S/C18H16N4O2/c19-8-12-5-11-6-13(17(23)22-15-3-4-20-18(15)24)9-21-16(11)7-14(12)10-1-2-10/h5-7,9-10,15H,1-4H2,(H,20,24)(H,22,23)/t15-/m0/s1. The molecule has 6 heteroatoms. The number of hydrogen-bond acceptors (Lipinski definition) is 4. The monoisotopic (exact) mass is 320 g/mol. The van der Waals surface area contributed by atoms with Crippen LogP contribution < -0.4 is 10.6 Å². The zero-order valence-corrected chi connectivity index (χ0v) is 13.0. The number of amides is 2. The van der Waals surface area contributed by atoms with E-state index in [4.69, 9.17) is 0 Å². The van der Waals surface area contributed by atoms with Gasteiger partial charge in [0.05, 0.1) is 22.7 Å². The van der Waals surface area contributed by atoms with Gasteiger partial charge in [-0.05, 0) is 48.9 Å². The Kier molecular flexibility index (Phi) is 3.42. The van der Waals surface area contributed by atoms with Crippen LogP contribution in [-0.4, -0.2) is 29.4 Å². The van der Waals surface area contributed by atoms with Crippen LogP contribution in [0.15, 0.2) is 24.4 Å². The highest BCUT2D eigenvalue weighted by Crippen LogP contribution is 2.42. The Morgan fingerprint density at radius 1 is 1.29 bits per heavy atom. The van der Waals surface area contributed by atoms with Crippen LogP contribution in [0.25, 0.3) is 10.9 Å². The lowest BCUT2D eigenvalue weighted by Gasteiger charge is -2.11. The van der Waals surface area contributed by atoms with Gasteiger partial charge >= 0.3 is 0 Å². The van der Waals surface area contributed by atoms with Crippen molar-refractivity contribution >= 4 is 22.7 Å². The number of carbonyl (C=O) groups is 2. The molecule has 1 aliphatic carbocycles. The van der Waals surface area contributed by atoms with E-state index in [1.54, 1.807) is 12.1 Å². The summed E-state index contributed by atoms with van der Waals surface area (Å²) in [6.45, 7) is 0.579. The normalized spacial score (nSPS) is 19.8. The average Bonchev–Trinajstić information content (AvgIpc) is 3.37. The summed E-state index contributed by atoms with van der Waals surface area (Å²) in [6.07, 6.45) is 4.34. The van der Waals surface area contributed by atoms with E-state index >= 15 is 0 Å². The maximum Gasteiger partial charge on any atom is 0.253 e. The summed E-state index contributed by atoms with van der Waals surface area (Å²) in [7, 11) is 0. The summed E-state index contributed by atoms with van der Waals surface area (Å²) < 4.78 is 0. The third-order valence-corrected chi connectivity index (χ3v) is 4.61. The van der Waals surface area contributed by atoms with Gasteiger partial charge in [-0.1, -0.05) is 0 Å². The van der Waals surface area contributed by atoms with Gasteiger partial charge < -0.3 is 10.6 Å². The van der Waals surface area contributed by atoms with Crippen molar-refractivity contribution in [1.82, 2.24) is 15.6 Å². The average molecular weight is 320 g/mol. The van der Waals surface area contributed by atoms with Crippen molar-refractivity contribution in [1.29, 1.82) is 5.26 Å². The first kappa shape index (κ1) is 14.6. The van der Waals surface area contributed by atoms with E-state index in [0.29, 0.717) is 30.0 Å². The molecule has 0 bridgehead atoms. The Hall–Kier alpha value is -2.94. The Labute approximate surface area is 138 Å². The first-order valence-electron chi connectivity index (χ1n) is 8.08. The van der Waals surface area contributed by atoms with E-state index in [1.807, 2.05) is 6.07 Å². The molecule has 120 valence electrons. The van der Waals surface area contributed by atoms with Crippen LogP contribution in [0.4, 0.5) is 0 Å². The number of benzene rings is 1. The second kappa shape index (κ2) is 5.60. The number of nitriles is 1. The van der Waals surface area contributed by atoms with Gasteiger partial charge in [0.25, 0.3) is 5.91 Å². The number of aromatic nitrogens is 1. The van der Waals surface area contributed by atoms with Crippen LogP contribution >= 0.6 is 0 Å². The van der Waals surface area contributed by atoms with Gasteiger partial charge in [-0.3, -0.25) is 14.6 Å². The van der Waals surface area contributed by atoms with E-state index in [9.17, 15) is 14.9 Å². The molecule has 24 heavy (non-hydrogen) atoms. The Balaban J connectivity index is 1.65. The Morgan fingerprint density at radius 3 is 2.79 bits per heavy atom. The Morgan fingerprint density at radius 2 is 2.12 bits per heavy atom. The van der Waals surface area contributed by atoms with Crippen molar-refractivity contribution in [3.8, 4) is 6.07 Å². The number of fused-ring (bicyclic) bond motifs is 1. The Bertz CT molecular complexity index is 896. The predicted octanol–water partition coefficient (Wildman–Crippen LogP) is 1.60. The predicted molar refractivity (Wildman–Crippen MR) is 87.3 cm³/mol. The molecular formula is C18H16N4O2. The third-order valence-electron chi connectivity index (χ3n) is 4.61. The summed E-state index contributed by atoms with van der Waals surface area (Å²) >= 11 is 0. The van der Waals surface area contributed by atoms with Crippen LogP contribution in [0.2, 0.25) is 0 Å². The molecule has 2 fully saturated rings. The van der Waals surface area contributed by atoms with Crippen LogP contribution in [0.5, 0.6) is 0 Å². The minimum absolute atomic E-state index is 0.155. The summed E-state index contributed by atoms with van der Waals surface area (Å²) in [4.78, 5) is 28.3. The summed E-state index contributed by atoms with van der Waals surface area (Å²) in [5.41, 5.74) is 2.88. The zero-order valence-electron chi connectivity index (χ0n) is 13.0. The summed E-state index contributed by atoms with van der Waals surface area (Å²) in [5, 5.41) is 15.5. The molecule has 2 heterocycles. The van der Waals surface area contributed by atoms with Gasteiger partial charge in [0.15, 0.2) is 0 Å². The summed E-state index contributed by atoms with van der Waals surface area (Å²) in [5.74, 6) is -0.0103. The lowest BCUT2D eigenvalue weighted by molar-refractivity contribution is -0.120. The second-order valence-corrected chi connectivity index (χ2v) is 6.35. The number of pyridine rings is 1. The van der Waals surface area contributed by atoms with Crippen molar-refractivity contribution in [3.63, 3.8) is 0 Å². The topological polar surface area (TPSA) is 94.9 Å². The molecule has 1 aromatic heterocycles. The van der Waals surface area contributed by atoms with Crippen LogP contribution in [0, 0.1) is 11.3 Å². The number of hydrogen-bond donors (Lipinski definition) is 2. The van der Waals surface area contributed by atoms with E-state index in [0.717, 1.165) is 29.3 Å². The van der Waals surface area contributed by atoms with Gasteiger partial charge in [-0.25, -0.2) is 0 Å². The van der Waals surface area contributed by atoms with E-state index in [2.05, 4.69) is 21.7 Å². The van der Waals surface area contributed by atoms with Gasteiger partial charge in [0.2, 0.25) is 5.91 Å². The molecule has 2 aromatic rings. The lowest BCUT2D eigenvalue weighted by Crippen LogP contribution is -2.40. The fourth-order valence-corrected chi connectivity index (χ4v) is 3.12. The molecule has 0 spiro atoms. The highest BCUT2D eigenvalue weighted by atomic mass is 16.2. The van der Waals surface area contributed by atoms with E-state index in [-0.39, 0.29) is 11.8 Å². The maximum absolute atomic E-state index is 12.3. The molecule has 4 rings (SSSR count). The third kappa shape index (κ3) is 2.58. The number of rotatable bonds is 3. The van der Waals surface area contributed by atoms with E-state index < -0.39 is 6.04 Å². The fourth-order valence-electron chi connectivity index (χ4n) is 3.12. The minimum Gasteiger partial charge on any atom is -0.354 e. The molecular weight excluding hydrogens is 304 g/mol. The van der Waals surface area contributed by atoms with Gasteiger partial charge in [0.1, 0.15) is 6.04 Å². The maximum atomic E-state index is 12.3. The number of nitrogens with zero attached hydrogens (tertiary/aromatic N) is 2. The molecule has 2 amide bonds. The first-order chi connectivity index (χ1) is 11.7. The molecule has 0 radical (unpaired) electrons. The van der Waals surface area contributed by atoms with E-state index in [1.165, 1.54) is 6.20 Å². The van der Waals surface area contributed by atoms with Crippen molar-refractivity contribution in [2.45, 2.75) is 31.2 Å².